The van der Waals surface area contributed by atoms with Gasteiger partial charge >= 0.3 is 6.03 Å². The molecule has 0 bridgehead atoms. The van der Waals surface area contributed by atoms with Gasteiger partial charge in [0, 0.05) is 6.61 Å². The summed E-state index contributed by atoms with van der Waals surface area (Å²) in [7, 11) is 0. The number of carbonyl (C=O) groups is 2. The lowest BCUT2D eigenvalue weighted by atomic mass is 10.2. The van der Waals surface area contributed by atoms with Crippen molar-refractivity contribution in [2.24, 2.45) is 5.73 Å². The van der Waals surface area contributed by atoms with E-state index in [-0.39, 0.29) is 5.91 Å². The lowest BCUT2D eigenvalue weighted by molar-refractivity contribution is -0.130. The first kappa shape index (κ1) is 8.79. The van der Waals surface area contributed by atoms with Crippen molar-refractivity contribution in [2.75, 3.05) is 6.61 Å². The third-order valence-corrected chi connectivity index (χ3v) is 1.53. The van der Waals surface area contributed by atoms with Crippen LogP contribution in [-0.4, -0.2) is 24.6 Å². The molecule has 3 amide bonds. The smallest absolute Gasteiger partial charge is 0.330 e. The SMILES string of the molecule is NC(=O)NNC(=O)C1CCCO1. The molecule has 0 aromatic heterocycles. The summed E-state index contributed by atoms with van der Waals surface area (Å²) >= 11 is 0. The number of urea groups is 1. The van der Waals surface area contributed by atoms with Crippen LogP contribution >= 0.6 is 0 Å². The molecule has 68 valence electrons. The van der Waals surface area contributed by atoms with Crippen LogP contribution in [0.4, 0.5) is 4.79 Å². The van der Waals surface area contributed by atoms with Crippen molar-refractivity contribution in [1.82, 2.24) is 10.9 Å². The molecular weight excluding hydrogens is 162 g/mol. The molecule has 0 aromatic rings. The fourth-order valence-electron chi connectivity index (χ4n) is 0.988. The van der Waals surface area contributed by atoms with Gasteiger partial charge in [-0.05, 0) is 12.8 Å². The highest BCUT2D eigenvalue weighted by Gasteiger charge is 2.23. The molecule has 0 aliphatic carbocycles. The normalized spacial score (nSPS) is 21.8. The van der Waals surface area contributed by atoms with Gasteiger partial charge in [0.05, 0.1) is 0 Å². The molecule has 0 saturated carbocycles. The van der Waals surface area contributed by atoms with E-state index in [4.69, 9.17) is 10.5 Å². The van der Waals surface area contributed by atoms with Gasteiger partial charge in [-0.15, -0.1) is 0 Å². The Morgan fingerprint density at radius 3 is 2.67 bits per heavy atom. The molecule has 0 aromatic carbocycles. The Balaban J connectivity index is 2.23. The number of rotatable bonds is 1. The molecule has 1 fully saturated rings. The Morgan fingerprint density at radius 2 is 2.17 bits per heavy atom. The zero-order valence-electron chi connectivity index (χ0n) is 6.50. The number of amides is 3. The van der Waals surface area contributed by atoms with Crippen LogP contribution in [0.2, 0.25) is 0 Å². The molecule has 4 N–H and O–H groups in total. The van der Waals surface area contributed by atoms with E-state index < -0.39 is 12.1 Å². The monoisotopic (exact) mass is 173 g/mol. The van der Waals surface area contributed by atoms with E-state index in [0.29, 0.717) is 13.0 Å². The molecule has 1 atom stereocenters. The zero-order valence-corrected chi connectivity index (χ0v) is 6.50. The Bertz CT molecular complexity index is 188. The molecule has 6 nitrogen and oxygen atoms in total. The van der Waals surface area contributed by atoms with Crippen molar-refractivity contribution in [3.05, 3.63) is 0 Å². The molecule has 6 heteroatoms. The van der Waals surface area contributed by atoms with Crippen molar-refractivity contribution in [3.63, 3.8) is 0 Å². The van der Waals surface area contributed by atoms with Crippen molar-refractivity contribution < 1.29 is 14.3 Å². The number of hydrazine groups is 1. The highest BCUT2D eigenvalue weighted by atomic mass is 16.5. The Morgan fingerprint density at radius 1 is 1.42 bits per heavy atom. The van der Waals surface area contributed by atoms with Gasteiger partial charge < -0.3 is 10.5 Å². The van der Waals surface area contributed by atoms with Crippen LogP contribution in [0.5, 0.6) is 0 Å². The van der Waals surface area contributed by atoms with Gasteiger partial charge in [0.2, 0.25) is 0 Å². The summed E-state index contributed by atoms with van der Waals surface area (Å²) < 4.78 is 5.04. The molecule has 1 unspecified atom stereocenters. The summed E-state index contributed by atoms with van der Waals surface area (Å²) in [5, 5.41) is 0. The van der Waals surface area contributed by atoms with E-state index in [1.165, 1.54) is 0 Å². The Labute approximate surface area is 69.4 Å². The molecule has 12 heavy (non-hydrogen) atoms. The molecule has 1 rings (SSSR count). The largest absolute Gasteiger partial charge is 0.368 e. The summed E-state index contributed by atoms with van der Waals surface area (Å²) in [4.78, 5) is 21.2. The summed E-state index contributed by atoms with van der Waals surface area (Å²) in [6, 6.07) is -0.790. The molecule has 1 aliphatic heterocycles. The Kier molecular flexibility index (Phi) is 2.87. The molecule has 0 spiro atoms. The van der Waals surface area contributed by atoms with Crippen molar-refractivity contribution in [1.29, 1.82) is 0 Å². The zero-order chi connectivity index (χ0) is 8.97. The average Bonchev–Trinajstić information content (AvgIpc) is 2.51. The number of primary amides is 1. The lowest BCUT2D eigenvalue weighted by Crippen LogP contribution is -2.48. The fourth-order valence-corrected chi connectivity index (χ4v) is 0.988. The molecule has 1 aliphatic rings. The number of hydrogen-bond acceptors (Lipinski definition) is 3. The van der Waals surface area contributed by atoms with Gasteiger partial charge in [-0.25, -0.2) is 10.2 Å². The van der Waals surface area contributed by atoms with Crippen LogP contribution in [0.15, 0.2) is 0 Å². The predicted molar refractivity (Wildman–Crippen MR) is 39.8 cm³/mol. The van der Waals surface area contributed by atoms with Crippen LogP contribution in [0.1, 0.15) is 12.8 Å². The maximum atomic E-state index is 11.0. The van der Waals surface area contributed by atoms with Crippen LogP contribution in [0.3, 0.4) is 0 Å². The maximum absolute atomic E-state index is 11.0. The van der Waals surface area contributed by atoms with Crippen LogP contribution in [-0.2, 0) is 9.53 Å². The summed E-state index contributed by atoms with van der Waals surface area (Å²) in [5.41, 5.74) is 8.85. The quantitative estimate of drug-likeness (QED) is 0.438. The van der Waals surface area contributed by atoms with Gasteiger partial charge in [-0.1, -0.05) is 0 Å². The van der Waals surface area contributed by atoms with Gasteiger partial charge in [-0.2, -0.15) is 0 Å². The fraction of sp³-hybridized carbons (Fsp3) is 0.667. The van der Waals surface area contributed by atoms with Crippen molar-refractivity contribution in [3.8, 4) is 0 Å². The minimum absolute atomic E-state index is 0.355. The molecule has 0 radical (unpaired) electrons. The van der Waals surface area contributed by atoms with E-state index >= 15 is 0 Å². The summed E-state index contributed by atoms with van der Waals surface area (Å²) in [6.45, 7) is 0.592. The van der Waals surface area contributed by atoms with Gasteiger partial charge in [0.1, 0.15) is 6.10 Å². The maximum Gasteiger partial charge on any atom is 0.330 e. The van der Waals surface area contributed by atoms with Crippen LogP contribution in [0, 0.1) is 0 Å². The van der Waals surface area contributed by atoms with E-state index in [0.717, 1.165) is 6.42 Å². The number of nitrogens with one attached hydrogen (secondary N) is 2. The lowest BCUT2D eigenvalue weighted by Gasteiger charge is -2.09. The average molecular weight is 173 g/mol. The number of hydrogen-bond donors (Lipinski definition) is 3. The predicted octanol–water partition coefficient (Wildman–Crippen LogP) is -1.14. The molecule has 1 heterocycles. The highest BCUT2D eigenvalue weighted by molar-refractivity contribution is 5.83. The van der Waals surface area contributed by atoms with Gasteiger partial charge in [-0.3, -0.25) is 10.2 Å². The third-order valence-electron chi connectivity index (χ3n) is 1.53. The van der Waals surface area contributed by atoms with Crippen molar-refractivity contribution >= 4 is 11.9 Å². The standard InChI is InChI=1S/C6H11N3O3/c7-6(11)9-8-5(10)4-2-1-3-12-4/h4H,1-3H2,(H,8,10)(H3,7,9,11). The second-order valence-corrected chi connectivity index (χ2v) is 2.48. The molecule has 1 saturated heterocycles. The van der Waals surface area contributed by atoms with Crippen LogP contribution in [0.25, 0.3) is 0 Å². The van der Waals surface area contributed by atoms with Gasteiger partial charge in [0.25, 0.3) is 5.91 Å². The summed E-state index contributed by atoms with van der Waals surface area (Å²) in [6.07, 6.45) is 1.11. The van der Waals surface area contributed by atoms with E-state index in [2.05, 4.69) is 5.43 Å². The minimum atomic E-state index is -0.790. The first-order valence-corrected chi connectivity index (χ1v) is 3.67. The van der Waals surface area contributed by atoms with E-state index in [1.807, 2.05) is 5.43 Å². The second-order valence-electron chi connectivity index (χ2n) is 2.48. The number of nitrogens with two attached hydrogens (primary N) is 1. The minimum Gasteiger partial charge on any atom is -0.368 e. The first-order valence-electron chi connectivity index (χ1n) is 3.67. The Hall–Kier alpha value is -1.30. The van der Waals surface area contributed by atoms with Gasteiger partial charge in [0.15, 0.2) is 0 Å². The first-order chi connectivity index (χ1) is 5.70. The van der Waals surface area contributed by atoms with Crippen molar-refractivity contribution in [2.45, 2.75) is 18.9 Å². The number of ether oxygens (including phenoxy) is 1. The second kappa shape index (κ2) is 3.91. The summed E-state index contributed by atoms with van der Waals surface area (Å²) in [5.74, 6) is -0.355. The number of carbonyl (C=O) groups excluding carboxylic acids is 2. The third kappa shape index (κ3) is 2.39. The molecular formula is C6H11N3O3. The highest BCUT2D eigenvalue weighted by Crippen LogP contribution is 2.10. The van der Waals surface area contributed by atoms with E-state index in [1.54, 1.807) is 0 Å². The van der Waals surface area contributed by atoms with Crippen LogP contribution < -0.4 is 16.6 Å². The topological polar surface area (TPSA) is 93.5 Å². The van der Waals surface area contributed by atoms with E-state index in [9.17, 15) is 9.59 Å².